The molecule has 0 aromatic heterocycles. The molecule has 3 aliphatic heterocycles. The molecule has 19 nitrogen and oxygen atoms in total. The monoisotopic (exact) mass is 1290 g/mol. The van der Waals surface area contributed by atoms with Gasteiger partial charge in [0.05, 0.1) is 38.6 Å². The van der Waals surface area contributed by atoms with Crippen molar-refractivity contribution >= 4 is 5.91 Å². The van der Waals surface area contributed by atoms with Crippen molar-refractivity contribution in [1.29, 1.82) is 0 Å². The minimum atomic E-state index is -1.99. The summed E-state index contributed by atoms with van der Waals surface area (Å²) in [5, 5.41) is 121. The van der Waals surface area contributed by atoms with E-state index in [4.69, 9.17) is 28.4 Å². The molecule has 526 valence electrons. The van der Waals surface area contributed by atoms with E-state index in [2.05, 4.69) is 92.1 Å². The van der Waals surface area contributed by atoms with Crippen molar-refractivity contribution in [2.45, 2.75) is 336 Å². The third-order valence-electron chi connectivity index (χ3n) is 17.2. The van der Waals surface area contributed by atoms with Gasteiger partial charge in [0.2, 0.25) is 5.91 Å². The molecule has 0 spiro atoms. The smallest absolute Gasteiger partial charge is 0.220 e. The van der Waals surface area contributed by atoms with Crippen LogP contribution in [0.1, 0.15) is 232 Å². The van der Waals surface area contributed by atoms with Crippen LogP contribution < -0.4 is 5.32 Å². The molecule has 0 aliphatic carbocycles. The first kappa shape index (κ1) is 82.2. The highest BCUT2D eigenvalue weighted by atomic mass is 16.8. The van der Waals surface area contributed by atoms with Crippen molar-refractivity contribution < 1.29 is 89.4 Å². The number of amides is 1. The Hall–Kier alpha value is -3.03. The van der Waals surface area contributed by atoms with E-state index in [1.165, 1.54) is 109 Å². The summed E-state index contributed by atoms with van der Waals surface area (Å²) in [6, 6.07) is -1.01. The number of rotatable bonds is 53. The van der Waals surface area contributed by atoms with Crippen LogP contribution in [-0.2, 0) is 33.2 Å². The van der Waals surface area contributed by atoms with Crippen LogP contribution in [0.25, 0.3) is 0 Å². The minimum absolute atomic E-state index is 0.218. The lowest BCUT2D eigenvalue weighted by atomic mass is 9.96. The summed E-state index contributed by atoms with van der Waals surface area (Å²) in [4.78, 5) is 13.4. The number of hydrogen-bond acceptors (Lipinski definition) is 18. The highest BCUT2D eigenvalue weighted by molar-refractivity contribution is 5.76. The van der Waals surface area contributed by atoms with Crippen LogP contribution in [-0.4, -0.2) is 193 Å². The summed E-state index contributed by atoms with van der Waals surface area (Å²) in [5.74, 6) is -0.300. The molecule has 17 unspecified atom stereocenters. The van der Waals surface area contributed by atoms with Crippen molar-refractivity contribution in [2.24, 2.45) is 0 Å². The maximum Gasteiger partial charge on any atom is 0.220 e. The Bertz CT molecular complexity index is 1980. The van der Waals surface area contributed by atoms with Crippen LogP contribution >= 0.6 is 0 Å². The number of nitrogens with one attached hydrogen (secondary N) is 1. The predicted molar refractivity (Wildman–Crippen MR) is 355 cm³/mol. The molecule has 0 radical (unpaired) electrons. The highest BCUT2D eigenvalue weighted by Crippen LogP contribution is 2.33. The zero-order valence-electron chi connectivity index (χ0n) is 55.5. The second kappa shape index (κ2) is 53.2. The minimum Gasteiger partial charge on any atom is -0.394 e. The molecule has 0 aromatic rings. The van der Waals surface area contributed by atoms with Gasteiger partial charge in [-0.25, -0.2) is 0 Å². The Morgan fingerprint density at radius 3 is 1.23 bits per heavy atom. The maximum absolute atomic E-state index is 13.4. The SMILES string of the molecule is CC/C=C\C/C=C\C/C=C\C/C=C\CCCCCCCCCCC(=O)NC(COC1OC(CO)C(OC2OC(CO)C(OC3OC(CO)C(O)C(O)C3O)C(O)C2O)C(O)C1O)C(O)/C=C/CC/C=C/CC/C=C/CCCCCCCCCCCCCCCCC. The largest absolute Gasteiger partial charge is 0.394 e. The van der Waals surface area contributed by atoms with Crippen LogP contribution in [0.2, 0.25) is 0 Å². The average Bonchev–Trinajstić information content (AvgIpc) is 0.883. The molecule has 0 saturated carbocycles. The van der Waals surface area contributed by atoms with Crippen LogP contribution in [0.4, 0.5) is 0 Å². The summed E-state index contributed by atoms with van der Waals surface area (Å²) in [6.07, 6.45) is 41.3. The third-order valence-corrected chi connectivity index (χ3v) is 17.2. The summed E-state index contributed by atoms with van der Waals surface area (Å²) >= 11 is 0. The molecule has 17 atom stereocenters. The van der Waals surface area contributed by atoms with E-state index in [1.807, 2.05) is 6.08 Å². The second-order valence-corrected chi connectivity index (χ2v) is 24.9. The Balaban J connectivity index is 1.46. The van der Waals surface area contributed by atoms with E-state index in [0.29, 0.717) is 12.8 Å². The molecule has 91 heavy (non-hydrogen) atoms. The Kier molecular flexibility index (Phi) is 48.0. The molecular formula is C72H125NO18. The Labute approximate surface area is 546 Å². The van der Waals surface area contributed by atoms with Crippen molar-refractivity contribution in [1.82, 2.24) is 5.32 Å². The maximum atomic E-state index is 13.4. The van der Waals surface area contributed by atoms with Gasteiger partial charge in [0, 0.05) is 6.42 Å². The van der Waals surface area contributed by atoms with Crippen LogP contribution in [0.5, 0.6) is 0 Å². The van der Waals surface area contributed by atoms with E-state index in [9.17, 15) is 61.0 Å². The number of ether oxygens (including phenoxy) is 6. The fraction of sp³-hybridized carbons (Fsp3) is 0.792. The molecule has 3 saturated heterocycles. The number of carbonyl (C=O) groups is 1. The normalized spacial score (nSPS) is 28.4. The molecule has 1 amide bonds. The van der Waals surface area contributed by atoms with E-state index >= 15 is 0 Å². The van der Waals surface area contributed by atoms with Gasteiger partial charge in [-0.05, 0) is 83.5 Å². The lowest BCUT2D eigenvalue weighted by Crippen LogP contribution is -2.66. The zero-order chi connectivity index (χ0) is 66.1. The fourth-order valence-corrected chi connectivity index (χ4v) is 11.4. The number of hydrogen-bond donors (Lipinski definition) is 12. The van der Waals surface area contributed by atoms with Crippen molar-refractivity contribution in [3.8, 4) is 0 Å². The molecule has 3 aliphatic rings. The van der Waals surface area contributed by atoms with Crippen molar-refractivity contribution in [3.63, 3.8) is 0 Å². The van der Waals surface area contributed by atoms with Gasteiger partial charge < -0.3 is 89.9 Å². The molecule has 12 N–H and O–H groups in total. The average molecular weight is 1290 g/mol. The lowest BCUT2D eigenvalue weighted by molar-refractivity contribution is -0.379. The molecular weight excluding hydrogens is 1170 g/mol. The summed E-state index contributed by atoms with van der Waals surface area (Å²) < 4.78 is 34.3. The number of unbranched alkanes of at least 4 members (excludes halogenated alkanes) is 25. The molecule has 3 rings (SSSR count). The van der Waals surface area contributed by atoms with E-state index < -0.39 is 124 Å². The standard InChI is InChI=1S/C72H125NO18/c1-3-5-7-9-11-13-15-17-19-21-23-25-26-27-28-30-31-33-35-37-39-41-43-45-47-49-56(77)55(73-60(78)50-48-46-44-42-40-38-36-34-32-29-24-22-20-18-16-14-12-10-8-6-4-2)54-86-70-66(84)63(81)68(58(52-75)88-70)91-72-67(85)64(82)69(59(53-76)89-72)90-71-65(83)62(80)61(79)57(51-74)87-71/h6,8,12,14,18,20,24,29,31,33,39,41,47,49,55-59,61-72,74-77,79-85H,3-5,7,9-11,13,15-17,19,21-23,25-28,30,32,34-38,40,42-46,48,50-54H2,1-2H3,(H,73,78)/b8-6-,14-12-,20-18-,29-24-,33-31+,41-39+,49-47+. The van der Waals surface area contributed by atoms with Gasteiger partial charge >= 0.3 is 0 Å². The van der Waals surface area contributed by atoms with E-state index in [1.54, 1.807) is 6.08 Å². The van der Waals surface area contributed by atoms with Crippen molar-refractivity contribution in [2.75, 3.05) is 26.4 Å². The van der Waals surface area contributed by atoms with E-state index in [0.717, 1.165) is 89.9 Å². The van der Waals surface area contributed by atoms with Crippen LogP contribution in [0.15, 0.2) is 85.1 Å². The highest BCUT2D eigenvalue weighted by Gasteiger charge is 2.53. The molecule has 0 bridgehead atoms. The van der Waals surface area contributed by atoms with Crippen molar-refractivity contribution in [3.05, 3.63) is 85.1 Å². The second-order valence-electron chi connectivity index (χ2n) is 24.9. The number of allylic oxidation sites excluding steroid dienone is 13. The van der Waals surface area contributed by atoms with Crippen LogP contribution in [0.3, 0.4) is 0 Å². The number of carbonyl (C=O) groups excluding carboxylic acids is 1. The first-order valence-electron chi connectivity index (χ1n) is 35.3. The Morgan fingerprint density at radius 2 is 0.769 bits per heavy atom. The molecule has 0 aromatic carbocycles. The van der Waals surface area contributed by atoms with Gasteiger partial charge in [0.1, 0.15) is 73.2 Å². The van der Waals surface area contributed by atoms with Crippen LogP contribution in [0, 0.1) is 0 Å². The predicted octanol–water partition coefficient (Wildman–Crippen LogP) is 9.49. The number of aliphatic hydroxyl groups excluding tert-OH is 11. The Morgan fingerprint density at radius 1 is 0.407 bits per heavy atom. The van der Waals surface area contributed by atoms with E-state index in [-0.39, 0.29) is 18.9 Å². The molecule has 3 heterocycles. The zero-order valence-corrected chi connectivity index (χ0v) is 55.5. The summed E-state index contributed by atoms with van der Waals surface area (Å²) in [7, 11) is 0. The fourth-order valence-electron chi connectivity index (χ4n) is 11.4. The van der Waals surface area contributed by atoms with Gasteiger partial charge in [-0.15, -0.1) is 0 Å². The first-order valence-corrected chi connectivity index (χ1v) is 35.3. The van der Waals surface area contributed by atoms with Gasteiger partial charge in [-0.3, -0.25) is 4.79 Å². The van der Waals surface area contributed by atoms with Gasteiger partial charge in [0.15, 0.2) is 18.9 Å². The topological polar surface area (TPSA) is 307 Å². The molecule has 3 fully saturated rings. The molecule has 19 heteroatoms. The lowest BCUT2D eigenvalue weighted by Gasteiger charge is -2.48. The summed E-state index contributed by atoms with van der Waals surface area (Å²) in [5.41, 5.74) is 0. The number of aliphatic hydroxyl groups is 11. The first-order chi connectivity index (χ1) is 44.3. The van der Waals surface area contributed by atoms with Gasteiger partial charge in [0.25, 0.3) is 0 Å². The summed E-state index contributed by atoms with van der Waals surface area (Å²) in [6.45, 7) is 1.59. The van der Waals surface area contributed by atoms with Gasteiger partial charge in [-0.1, -0.05) is 227 Å². The van der Waals surface area contributed by atoms with Gasteiger partial charge in [-0.2, -0.15) is 0 Å². The quantitative estimate of drug-likeness (QED) is 0.0199. The third kappa shape index (κ3) is 35.0.